The fraction of sp³-hybridized carbons (Fsp3) is 0.250. The summed E-state index contributed by atoms with van der Waals surface area (Å²) >= 11 is 0. The molecule has 0 saturated heterocycles. The second kappa shape index (κ2) is 2.28. The highest BCUT2D eigenvalue weighted by Crippen LogP contribution is 2.09. The molecule has 1 rings (SSSR count). The highest BCUT2D eigenvalue weighted by atomic mass is 32.2. The number of hydrogen-bond donors (Lipinski definition) is 1. The lowest BCUT2D eigenvalue weighted by molar-refractivity contribution is 0.483. The molecule has 0 radical (unpaired) electrons. The van der Waals surface area contributed by atoms with Crippen LogP contribution in [-0.2, 0) is 17.1 Å². The molecule has 7 heteroatoms. The van der Waals surface area contributed by atoms with Gasteiger partial charge in [-0.25, -0.2) is 18.2 Å². The van der Waals surface area contributed by atoms with Crippen molar-refractivity contribution in [1.29, 1.82) is 0 Å². The molecule has 0 amide bonds. The molecule has 0 atom stereocenters. The molecule has 0 spiro atoms. The molecule has 2 N–H and O–H groups in total. The van der Waals surface area contributed by atoms with E-state index in [0.717, 1.165) is 10.9 Å². The Balaban J connectivity index is 3.38. The fourth-order valence-electron chi connectivity index (χ4n) is 0.593. The first-order valence-corrected chi connectivity index (χ1v) is 4.18. The molecule has 62 valence electrons. The molecule has 0 unspecified atom stereocenters. The predicted octanol–water partition coefficient (Wildman–Crippen LogP) is -0.793. The van der Waals surface area contributed by atoms with Crippen molar-refractivity contribution in [2.45, 2.75) is 4.90 Å². The Labute approximate surface area is 62.7 Å². The number of nitrogens with zero attached hydrogens (tertiary/aromatic N) is 2. The number of halogens is 1. The summed E-state index contributed by atoms with van der Waals surface area (Å²) in [6.45, 7) is 0. The van der Waals surface area contributed by atoms with E-state index in [0.29, 0.717) is 0 Å². The second-order valence-electron chi connectivity index (χ2n) is 1.97. The van der Waals surface area contributed by atoms with Gasteiger partial charge < -0.3 is 0 Å². The van der Waals surface area contributed by atoms with E-state index in [1.807, 2.05) is 0 Å². The van der Waals surface area contributed by atoms with Gasteiger partial charge in [-0.05, 0) is 0 Å². The lowest BCUT2D eigenvalue weighted by atomic mass is 10.7. The van der Waals surface area contributed by atoms with E-state index in [9.17, 15) is 12.8 Å². The van der Waals surface area contributed by atoms with Gasteiger partial charge >= 0.3 is 0 Å². The monoisotopic (exact) mass is 179 g/mol. The Morgan fingerprint density at radius 2 is 2.27 bits per heavy atom. The van der Waals surface area contributed by atoms with E-state index in [2.05, 4.69) is 10.2 Å². The van der Waals surface area contributed by atoms with Gasteiger partial charge in [0.25, 0.3) is 0 Å². The molecule has 0 aliphatic rings. The summed E-state index contributed by atoms with van der Waals surface area (Å²) in [7, 11) is -2.69. The topological polar surface area (TPSA) is 78.0 Å². The molecule has 5 nitrogen and oxygen atoms in total. The normalized spacial score (nSPS) is 11.9. The minimum absolute atomic E-state index is 0.583. The number of sulfonamides is 1. The predicted molar refractivity (Wildman–Crippen MR) is 34.5 cm³/mol. The Bertz CT molecular complexity index is 369. The van der Waals surface area contributed by atoms with Crippen LogP contribution in [0.5, 0.6) is 0 Å². The summed E-state index contributed by atoms with van der Waals surface area (Å²) in [5, 5.41) is 8.01. The Morgan fingerprint density at radius 1 is 1.73 bits per heavy atom. The van der Waals surface area contributed by atoms with Gasteiger partial charge in [-0.3, -0.25) is 0 Å². The van der Waals surface area contributed by atoms with Gasteiger partial charge in [-0.15, -0.1) is 0 Å². The summed E-state index contributed by atoms with van der Waals surface area (Å²) in [6.07, 6.45) is 0.866. The summed E-state index contributed by atoms with van der Waals surface area (Å²) < 4.78 is 34.6. The van der Waals surface area contributed by atoms with E-state index in [1.165, 1.54) is 7.05 Å². The van der Waals surface area contributed by atoms with Crippen molar-refractivity contribution in [3.8, 4) is 0 Å². The molecule has 0 fully saturated rings. The zero-order valence-corrected chi connectivity index (χ0v) is 6.47. The van der Waals surface area contributed by atoms with Gasteiger partial charge in [-0.1, -0.05) is 0 Å². The van der Waals surface area contributed by atoms with Gasteiger partial charge in [0.15, 0.2) is 4.90 Å². The largest absolute Gasteiger partial charge is 0.244 e. The standard InChI is InChI=1S/C4H6FN3O2S/c1-8-4(5)3(2-7-8)11(6,9)10/h2H,1H3,(H2,6,9,10). The molecule has 0 saturated carbocycles. The Kier molecular flexibility index (Phi) is 1.69. The van der Waals surface area contributed by atoms with Gasteiger partial charge in [0.1, 0.15) is 0 Å². The Morgan fingerprint density at radius 3 is 2.45 bits per heavy atom. The summed E-state index contributed by atoms with van der Waals surface area (Å²) in [4.78, 5) is -0.583. The van der Waals surface area contributed by atoms with Crippen LogP contribution in [0.1, 0.15) is 0 Å². The highest BCUT2D eigenvalue weighted by Gasteiger charge is 2.17. The maximum absolute atomic E-state index is 12.7. The van der Waals surface area contributed by atoms with Crippen LogP contribution < -0.4 is 5.14 Å². The molecule has 0 aromatic carbocycles. The Hall–Kier alpha value is -0.950. The number of rotatable bonds is 1. The van der Waals surface area contributed by atoms with Crippen molar-refractivity contribution in [2.24, 2.45) is 12.2 Å². The smallest absolute Gasteiger partial charge is 0.242 e. The van der Waals surface area contributed by atoms with Crippen LogP contribution in [0.4, 0.5) is 4.39 Å². The first-order valence-electron chi connectivity index (χ1n) is 2.63. The van der Waals surface area contributed by atoms with Crippen molar-refractivity contribution in [3.05, 3.63) is 12.1 Å². The zero-order valence-electron chi connectivity index (χ0n) is 5.65. The third-order valence-electron chi connectivity index (χ3n) is 1.14. The number of aryl methyl sites for hydroxylation is 1. The van der Waals surface area contributed by atoms with Crippen LogP contribution in [0.2, 0.25) is 0 Å². The maximum Gasteiger partial charge on any atom is 0.244 e. The highest BCUT2D eigenvalue weighted by molar-refractivity contribution is 7.89. The summed E-state index contributed by atoms with van der Waals surface area (Å²) in [6, 6.07) is 0. The van der Waals surface area contributed by atoms with Crippen molar-refractivity contribution in [2.75, 3.05) is 0 Å². The van der Waals surface area contributed by atoms with Crippen molar-refractivity contribution >= 4 is 10.0 Å². The number of primary sulfonamides is 1. The molecular weight excluding hydrogens is 173 g/mol. The molecule has 1 heterocycles. The van der Waals surface area contributed by atoms with Gasteiger partial charge in [-0.2, -0.15) is 9.49 Å². The summed E-state index contributed by atoms with van der Waals surface area (Å²) in [5.74, 6) is -0.951. The lowest BCUT2D eigenvalue weighted by Crippen LogP contribution is -2.13. The average molecular weight is 179 g/mol. The van der Waals surface area contributed by atoms with Crippen LogP contribution in [0.15, 0.2) is 11.1 Å². The number of hydrogen-bond acceptors (Lipinski definition) is 3. The summed E-state index contributed by atoms with van der Waals surface area (Å²) in [5.41, 5.74) is 0. The molecule has 1 aromatic heterocycles. The molecule has 1 aromatic rings. The maximum atomic E-state index is 12.7. The third kappa shape index (κ3) is 1.38. The van der Waals surface area contributed by atoms with E-state index in [4.69, 9.17) is 0 Å². The van der Waals surface area contributed by atoms with E-state index >= 15 is 0 Å². The molecule has 11 heavy (non-hydrogen) atoms. The van der Waals surface area contributed by atoms with Crippen molar-refractivity contribution in [1.82, 2.24) is 9.78 Å². The molecule has 0 aliphatic carbocycles. The van der Waals surface area contributed by atoms with Gasteiger partial charge in [0.05, 0.1) is 6.20 Å². The van der Waals surface area contributed by atoms with Crippen LogP contribution in [0.3, 0.4) is 0 Å². The van der Waals surface area contributed by atoms with E-state index in [1.54, 1.807) is 0 Å². The third-order valence-corrected chi connectivity index (χ3v) is 2.03. The van der Waals surface area contributed by atoms with Crippen LogP contribution >= 0.6 is 0 Å². The van der Waals surface area contributed by atoms with E-state index < -0.39 is 20.9 Å². The second-order valence-corrected chi connectivity index (χ2v) is 3.50. The van der Waals surface area contributed by atoms with Crippen LogP contribution in [0.25, 0.3) is 0 Å². The zero-order chi connectivity index (χ0) is 8.65. The first-order chi connectivity index (χ1) is 4.93. The SMILES string of the molecule is Cn1ncc(S(N)(=O)=O)c1F. The lowest BCUT2D eigenvalue weighted by Gasteiger charge is -1.91. The van der Waals surface area contributed by atoms with Gasteiger partial charge in [0.2, 0.25) is 16.0 Å². The van der Waals surface area contributed by atoms with Crippen molar-refractivity contribution in [3.63, 3.8) is 0 Å². The average Bonchev–Trinajstić information content (AvgIpc) is 2.11. The quantitative estimate of drug-likeness (QED) is 0.613. The van der Waals surface area contributed by atoms with Crippen LogP contribution in [-0.4, -0.2) is 18.2 Å². The van der Waals surface area contributed by atoms with Crippen molar-refractivity contribution < 1.29 is 12.8 Å². The van der Waals surface area contributed by atoms with Gasteiger partial charge in [0, 0.05) is 7.05 Å². The first kappa shape index (κ1) is 8.15. The molecular formula is C4H6FN3O2S. The molecule has 0 bridgehead atoms. The molecule has 0 aliphatic heterocycles. The minimum atomic E-state index is -3.97. The van der Waals surface area contributed by atoms with Crippen LogP contribution in [0, 0.1) is 5.95 Å². The number of nitrogens with two attached hydrogens (primary N) is 1. The fourth-order valence-corrected chi connectivity index (χ4v) is 1.15. The number of aromatic nitrogens is 2. The minimum Gasteiger partial charge on any atom is -0.242 e. The van der Waals surface area contributed by atoms with E-state index in [-0.39, 0.29) is 0 Å².